The molecule has 0 saturated carbocycles. The molecule has 0 radical (unpaired) electrons. The molecule has 0 atom stereocenters. The van der Waals surface area contributed by atoms with Crippen molar-refractivity contribution in [3.8, 4) is 17.2 Å². The highest BCUT2D eigenvalue weighted by Crippen LogP contribution is 2.31. The number of aromatic nitrogens is 2. The van der Waals surface area contributed by atoms with Crippen molar-refractivity contribution in [2.45, 2.75) is 6.42 Å². The molecule has 2 heterocycles. The molecule has 0 aliphatic carbocycles. The van der Waals surface area contributed by atoms with Gasteiger partial charge >= 0.3 is 0 Å². The molecule has 7 heteroatoms. The molecule has 1 amide bonds. The highest BCUT2D eigenvalue weighted by molar-refractivity contribution is 6.30. The van der Waals surface area contributed by atoms with E-state index in [9.17, 15) is 4.79 Å². The number of amides is 1. The molecule has 0 fully saturated rings. The van der Waals surface area contributed by atoms with Gasteiger partial charge in [-0.25, -0.2) is 4.98 Å². The normalized spacial score (nSPS) is 10.8. The number of hydrogen-bond donors (Lipinski definition) is 1. The molecule has 0 unspecified atom stereocenters. The molecule has 0 aliphatic rings. The van der Waals surface area contributed by atoms with E-state index in [0.29, 0.717) is 39.1 Å². The van der Waals surface area contributed by atoms with Gasteiger partial charge in [-0.15, -0.1) is 0 Å². The predicted molar refractivity (Wildman–Crippen MR) is 108 cm³/mol. The van der Waals surface area contributed by atoms with Gasteiger partial charge in [-0.1, -0.05) is 23.7 Å². The van der Waals surface area contributed by atoms with E-state index in [0.717, 1.165) is 5.56 Å². The third-order valence-corrected chi connectivity index (χ3v) is 4.42. The predicted octanol–water partition coefficient (Wildman–Crippen LogP) is 4.73. The first kappa shape index (κ1) is 18.0. The number of carbonyl (C=O) groups excluding carboxylic acids is 1. The molecule has 140 valence electrons. The SMILES string of the molecule is COc1ccc(-c2nc3ncccc3o2)cc1NC(=O)Cc1ccc(Cl)cc1. The Morgan fingerprint density at radius 1 is 1.18 bits per heavy atom. The molecular formula is C21H16ClN3O3. The number of pyridine rings is 1. The summed E-state index contributed by atoms with van der Waals surface area (Å²) in [6.07, 6.45) is 1.88. The summed E-state index contributed by atoms with van der Waals surface area (Å²) >= 11 is 5.89. The summed E-state index contributed by atoms with van der Waals surface area (Å²) in [5.41, 5.74) is 3.24. The van der Waals surface area contributed by atoms with Crippen molar-refractivity contribution in [1.29, 1.82) is 0 Å². The fourth-order valence-corrected chi connectivity index (χ4v) is 2.94. The molecule has 0 saturated heterocycles. The van der Waals surface area contributed by atoms with E-state index < -0.39 is 0 Å². The van der Waals surface area contributed by atoms with Gasteiger partial charge < -0.3 is 14.5 Å². The number of carbonyl (C=O) groups is 1. The molecule has 0 aliphatic heterocycles. The lowest BCUT2D eigenvalue weighted by Gasteiger charge is -2.11. The molecular weight excluding hydrogens is 378 g/mol. The lowest BCUT2D eigenvalue weighted by atomic mass is 10.1. The van der Waals surface area contributed by atoms with Crippen LogP contribution in [-0.2, 0) is 11.2 Å². The van der Waals surface area contributed by atoms with E-state index in [2.05, 4.69) is 15.3 Å². The van der Waals surface area contributed by atoms with E-state index in [4.69, 9.17) is 20.8 Å². The zero-order valence-corrected chi connectivity index (χ0v) is 15.7. The number of benzene rings is 2. The Bertz CT molecular complexity index is 1110. The van der Waals surface area contributed by atoms with E-state index in [1.54, 1.807) is 49.7 Å². The first-order valence-electron chi connectivity index (χ1n) is 8.56. The van der Waals surface area contributed by atoms with Gasteiger partial charge in [0.05, 0.1) is 19.2 Å². The van der Waals surface area contributed by atoms with Crippen molar-refractivity contribution in [2.75, 3.05) is 12.4 Å². The second-order valence-corrected chi connectivity index (χ2v) is 6.55. The second kappa shape index (κ2) is 7.70. The van der Waals surface area contributed by atoms with Crippen molar-refractivity contribution >= 4 is 34.4 Å². The molecule has 0 spiro atoms. The fraction of sp³-hybridized carbons (Fsp3) is 0.0952. The third-order valence-electron chi connectivity index (χ3n) is 4.16. The minimum absolute atomic E-state index is 0.169. The highest BCUT2D eigenvalue weighted by Gasteiger charge is 2.14. The first-order valence-corrected chi connectivity index (χ1v) is 8.94. The quantitative estimate of drug-likeness (QED) is 0.530. The van der Waals surface area contributed by atoms with Crippen LogP contribution in [0.3, 0.4) is 0 Å². The first-order chi connectivity index (χ1) is 13.6. The standard InChI is InChI=1S/C21H16ClN3O3/c1-27-17-9-6-14(21-25-20-18(28-21)3-2-10-23-20)12-16(17)24-19(26)11-13-4-7-15(22)8-5-13/h2-10,12H,11H2,1H3,(H,24,26). The summed E-state index contributed by atoms with van der Waals surface area (Å²) in [5.74, 6) is 0.795. The maximum absolute atomic E-state index is 12.5. The summed E-state index contributed by atoms with van der Waals surface area (Å²) in [6.45, 7) is 0. The van der Waals surface area contributed by atoms with Crippen LogP contribution < -0.4 is 10.1 Å². The van der Waals surface area contributed by atoms with Crippen LogP contribution in [0.25, 0.3) is 22.7 Å². The van der Waals surface area contributed by atoms with Gasteiger partial charge in [0.2, 0.25) is 11.8 Å². The van der Waals surface area contributed by atoms with E-state index in [-0.39, 0.29) is 12.3 Å². The molecule has 4 rings (SSSR count). The van der Waals surface area contributed by atoms with E-state index in [1.165, 1.54) is 0 Å². The number of ether oxygens (including phenoxy) is 1. The summed E-state index contributed by atoms with van der Waals surface area (Å²) in [7, 11) is 1.55. The van der Waals surface area contributed by atoms with Crippen LogP contribution in [0, 0.1) is 0 Å². The van der Waals surface area contributed by atoms with Crippen LogP contribution in [0.15, 0.2) is 65.2 Å². The molecule has 6 nitrogen and oxygen atoms in total. The van der Waals surface area contributed by atoms with Gasteiger partial charge in [0.25, 0.3) is 0 Å². The number of halogens is 1. The van der Waals surface area contributed by atoms with Crippen LogP contribution in [0.4, 0.5) is 5.69 Å². The monoisotopic (exact) mass is 393 g/mol. The molecule has 1 N–H and O–H groups in total. The summed E-state index contributed by atoms with van der Waals surface area (Å²) < 4.78 is 11.1. The number of rotatable bonds is 5. The lowest BCUT2D eigenvalue weighted by molar-refractivity contribution is -0.115. The minimum Gasteiger partial charge on any atom is -0.495 e. The van der Waals surface area contributed by atoms with Crippen molar-refractivity contribution < 1.29 is 13.9 Å². The third kappa shape index (κ3) is 3.82. The van der Waals surface area contributed by atoms with Crippen LogP contribution in [0.2, 0.25) is 5.02 Å². The van der Waals surface area contributed by atoms with Crippen LogP contribution in [0.1, 0.15) is 5.56 Å². The number of anilines is 1. The van der Waals surface area contributed by atoms with Gasteiger partial charge in [-0.3, -0.25) is 4.79 Å². The van der Waals surface area contributed by atoms with Gasteiger partial charge in [0.15, 0.2) is 11.2 Å². The Morgan fingerprint density at radius 3 is 2.75 bits per heavy atom. The Balaban J connectivity index is 1.59. The van der Waals surface area contributed by atoms with Crippen molar-refractivity contribution in [3.63, 3.8) is 0 Å². The number of oxazole rings is 1. The van der Waals surface area contributed by atoms with Crippen molar-refractivity contribution in [3.05, 3.63) is 71.4 Å². The Labute approximate surface area is 166 Å². The van der Waals surface area contributed by atoms with Crippen molar-refractivity contribution in [1.82, 2.24) is 9.97 Å². The molecule has 28 heavy (non-hydrogen) atoms. The van der Waals surface area contributed by atoms with Crippen LogP contribution in [-0.4, -0.2) is 23.0 Å². The Hall–Kier alpha value is -3.38. The molecule has 2 aromatic heterocycles. The average molecular weight is 394 g/mol. The van der Waals surface area contributed by atoms with Crippen molar-refractivity contribution in [2.24, 2.45) is 0 Å². The van der Waals surface area contributed by atoms with Crippen LogP contribution >= 0.6 is 11.6 Å². The fourth-order valence-electron chi connectivity index (χ4n) is 2.81. The number of nitrogens with one attached hydrogen (secondary N) is 1. The molecule has 4 aromatic rings. The number of nitrogens with zero attached hydrogens (tertiary/aromatic N) is 2. The van der Waals surface area contributed by atoms with Crippen LogP contribution in [0.5, 0.6) is 5.75 Å². The smallest absolute Gasteiger partial charge is 0.228 e. The summed E-state index contributed by atoms with van der Waals surface area (Å²) in [6, 6.07) is 16.1. The second-order valence-electron chi connectivity index (χ2n) is 6.11. The maximum Gasteiger partial charge on any atom is 0.228 e. The largest absolute Gasteiger partial charge is 0.495 e. The average Bonchev–Trinajstić information content (AvgIpc) is 3.14. The van der Waals surface area contributed by atoms with Gasteiger partial charge in [0.1, 0.15) is 5.75 Å². The maximum atomic E-state index is 12.5. The van der Waals surface area contributed by atoms with Gasteiger partial charge in [-0.2, -0.15) is 4.98 Å². The minimum atomic E-state index is -0.169. The Kier molecular flexibility index (Phi) is 4.95. The van der Waals surface area contributed by atoms with E-state index >= 15 is 0 Å². The Morgan fingerprint density at radius 2 is 2.00 bits per heavy atom. The number of fused-ring (bicyclic) bond motifs is 1. The number of hydrogen-bond acceptors (Lipinski definition) is 5. The molecule has 0 bridgehead atoms. The summed E-state index contributed by atoms with van der Waals surface area (Å²) in [4.78, 5) is 21.0. The van der Waals surface area contributed by atoms with E-state index in [1.807, 2.05) is 18.2 Å². The highest BCUT2D eigenvalue weighted by atomic mass is 35.5. The topological polar surface area (TPSA) is 77.2 Å². The lowest BCUT2D eigenvalue weighted by Crippen LogP contribution is -2.15. The molecule has 2 aromatic carbocycles. The summed E-state index contributed by atoms with van der Waals surface area (Å²) in [5, 5.41) is 3.52. The zero-order valence-electron chi connectivity index (χ0n) is 15.0. The zero-order chi connectivity index (χ0) is 19.5. The number of methoxy groups -OCH3 is 1. The van der Waals surface area contributed by atoms with Gasteiger partial charge in [-0.05, 0) is 48.0 Å². The van der Waals surface area contributed by atoms with Gasteiger partial charge in [0, 0.05) is 16.8 Å².